The average Bonchev–Trinajstić information content (AvgIpc) is 3.17. The van der Waals surface area contributed by atoms with Crippen LogP contribution in [0.15, 0.2) is 34.9 Å². The van der Waals surface area contributed by atoms with Crippen molar-refractivity contribution < 1.29 is 4.52 Å². The van der Waals surface area contributed by atoms with Gasteiger partial charge in [0.05, 0.1) is 6.54 Å². The van der Waals surface area contributed by atoms with Crippen LogP contribution in [0.5, 0.6) is 0 Å². The molecule has 3 rings (SSSR count). The van der Waals surface area contributed by atoms with Crippen LogP contribution in [0.1, 0.15) is 19.2 Å². The molecule has 2 heterocycles. The molecule has 0 radical (unpaired) electrons. The van der Waals surface area contributed by atoms with Crippen LogP contribution >= 0.6 is 0 Å². The van der Waals surface area contributed by atoms with E-state index in [9.17, 15) is 0 Å². The summed E-state index contributed by atoms with van der Waals surface area (Å²) < 4.78 is 5.39. The lowest BCUT2D eigenvalue weighted by Gasteiger charge is -2.24. The molecule has 0 amide bonds. The molecule has 0 aliphatic carbocycles. The van der Waals surface area contributed by atoms with Gasteiger partial charge in [0.25, 0.3) is 0 Å². The van der Waals surface area contributed by atoms with E-state index in [1.807, 2.05) is 30.3 Å². The topological polar surface area (TPSA) is 54.2 Å². The van der Waals surface area contributed by atoms with Gasteiger partial charge in [-0.2, -0.15) is 4.98 Å². The van der Waals surface area contributed by atoms with Gasteiger partial charge >= 0.3 is 0 Å². The Kier molecular flexibility index (Phi) is 4.08. The monoisotopic (exact) mass is 272 g/mol. The van der Waals surface area contributed by atoms with Crippen LogP contribution in [0.4, 0.5) is 0 Å². The molecule has 1 atom stereocenters. The number of hydrogen-bond donors (Lipinski definition) is 1. The van der Waals surface area contributed by atoms with E-state index in [-0.39, 0.29) is 0 Å². The van der Waals surface area contributed by atoms with Crippen LogP contribution in [0.25, 0.3) is 11.4 Å². The molecular formula is C15H20N4O. The number of benzene rings is 1. The smallest absolute Gasteiger partial charge is 0.241 e. The summed E-state index contributed by atoms with van der Waals surface area (Å²) in [6, 6.07) is 10.5. The quantitative estimate of drug-likeness (QED) is 0.901. The van der Waals surface area contributed by atoms with Crippen molar-refractivity contribution in [1.82, 2.24) is 20.4 Å². The fraction of sp³-hybridized carbons (Fsp3) is 0.467. The molecule has 0 spiro atoms. The highest BCUT2D eigenvalue weighted by Gasteiger charge is 2.23. The van der Waals surface area contributed by atoms with E-state index in [0.29, 0.717) is 17.8 Å². The fourth-order valence-electron chi connectivity index (χ4n) is 2.65. The minimum absolute atomic E-state index is 0.576. The average molecular weight is 272 g/mol. The molecule has 5 nitrogen and oxygen atoms in total. The van der Waals surface area contributed by atoms with Crippen LogP contribution < -0.4 is 5.32 Å². The summed E-state index contributed by atoms with van der Waals surface area (Å²) in [5, 5.41) is 7.47. The summed E-state index contributed by atoms with van der Waals surface area (Å²) in [5.74, 6) is 1.36. The Labute approximate surface area is 119 Å². The fourth-order valence-corrected chi connectivity index (χ4v) is 2.65. The number of nitrogens with one attached hydrogen (secondary N) is 1. The second-order valence-electron chi connectivity index (χ2n) is 5.09. The van der Waals surface area contributed by atoms with E-state index < -0.39 is 0 Å². The predicted molar refractivity (Wildman–Crippen MR) is 77.1 cm³/mol. The van der Waals surface area contributed by atoms with Crippen molar-refractivity contribution in [3.8, 4) is 11.4 Å². The summed E-state index contributed by atoms with van der Waals surface area (Å²) >= 11 is 0. The van der Waals surface area contributed by atoms with Crippen molar-refractivity contribution in [2.24, 2.45) is 0 Å². The summed E-state index contributed by atoms with van der Waals surface area (Å²) in [7, 11) is 0. The Balaban J connectivity index is 1.70. The van der Waals surface area contributed by atoms with Crippen molar-refractivity contribution >= 4 is 0 Å². The third kappa shape index (κ3) is 2.89. The van der Waals surface area contributed by atoms with Crippen molar-refractivity contribution in [3.05, 3.63) is 36.2 Å². The second-order valence-corrected chi connectivity index (χ2v) is 5.09. The predicted octanol–water partition coefficient (Wildman–Crippen LogP) is 1.92. The van der Waals surface area contributed by atoms with Crippen molar-refractivity contribution in [2.75, 3.05) is 19.6 Å². The van der Waals surface area contributed by atoms with E-state index in [4.69, 9.17) is 4.52 Å². The van der Waals surface area contributed by atoms with Gasteiger partial charge in [-0.25, -0.2) is 0 Å². The maximum Gasteiger partial charge on any atom is 0.241 e. The lowest BCUT2D eigenvalue weighted by Crippen LogP contribution is -2.36. The third-order valence-electron chi connectivity index (χ3n) is 3.80. The Morgan fingerprint density at radius 1 is 1.35 bits per heavy atom. The molecular weight excluding hydrogens is 252 g/mol. The molecule has 1 aliphatic heterocycles. The maximum absolute atomic E-state index is 5.39. The van der Waals surface area contributed by atoms with Crippen molar-refractivity contribution in [1.29, 1.82) is 0 Å². The minimum Gasteiger partial charge on any atom is -0.338 e. The largest absolute Gasteiger partial charge is 0.338 e. The van der Waals surface area contributed by atoms with Crippen LogP contribution in [-0.4, -0.2) is 40.7 Å². The SMILES string of the molecule is CCN(Cc1nc(-c2ccccc2)no1)C1CCNC1. The first kappa shape index (κ1) is 13.3. The van der Waals surface area contributed by atoms with Crippen molar-refractivity contribution in [2.45, 2.75) is 25.9 Å². The minimum atomic E-state index is 0.576. The zero-order valence-corrected chi connectivity index (χ0v) is 11.7. The molecule has 1 saturated heterocycles. The molecule has 20 heavy (non-hydrogen) atoms. The molecule has 1 N–H and O–H groups in total. The lowest BCUT2D eigenvalue weighted by molar-refractivity contribution is 0.183. The Morgan fingerprint density at radius 2 is 2.20 bits per heavy atom. The molecule has 1 unspecified atom stereocenters. The maximum atomic E-state index is 5.39. The van der Waals surface area contributed by atoms with Crippen LogP contribution in [-0.2, 0) is 6.54 Å². The van der Waals surface area contributed by atoms with E-state index in [1.54, 1.807) is 0 Å². The molecule has 2 aromatic rings. The first-order valence-corrected chi connectivity index (χ1v) is 7.19. The van der Waals surface area contributed by atoms with E-state index in [1.165, 1.54) is 6.42 Å². The highest BCUT2D eigenvalue weighted by Crippen LogP contribution is 2.17. The van der Waals surface area contributed by atoms with Gasteiger partial charge in [0, 0.05) is 18.2 Å². The zero-order chi connectivity index (χ0) is 13.8. The number of hydrogen-bond acceptors (Lipinski definition) is 5. The highest BCUT2D eigenvalue weighted by molar-refractivity contribution is 5.53. The number of nitrogens with zero attached hydrogens (tertiary/aromatic N) is 3. The van der Waals surface area contributed by atoms with E-state index >= 15 is 0 Å². The Hall–Kier alpha value is -1.72. The summed E-state index contributed by atoms with van der Waals surface area (Å²) in [5.41, 5.74) is 0.994. The van der Waals surface area contributed by atoms with E-state index in [0.717, 1.165) is 31.7 Å². The molecule has 0 saturated carbocycles. The van der Waals surface area contributed by atoms with Gasteiger partial charge < -0.3 is 9.84 Å². The Morgan fingerprint density at radius 3 is 2.90 bits per heavy atom. The van der Waals surface area contributed by atoms with Gasteiger partial charge in [-0.05, 0) is 19.5 Å². The van der Waals surface area contributed by atoms with Gasteiger partial charge in [0.15, 0.2) is 0 Å². The van der Waals surface area contributed by atoms with Gasteiger partial charge in [0.1, 0.15) is 0 Å². The number of aromatic nitrogens is 2. The third-order valence-corrected chi connectivity index (χ3v) is 3.80. The normalized spacial score (nSPS) is 18.8. The van der Waals surface area contributed by atoms with Gasteiger partial charge in [0.2, 0.25) is 11.7 Å². The van der Waals surface area contributed by atoms with Crippen LogP contribution in [0.2, 0.25) is 0 Å². The highest BCUT2D eigenvalue weighted by atomic mass is 16.5. The molecule has 106 valence electrons. The summed E-state index contributed by atoms with van der Waals surface area (Å²) in [4.78, 5) is 6.89. The molecule has 1 aliphatic rings. The van der Waals surface area contributed by atoms with Crippen LogP contribution in [0.3, 0.4) is 0 Å². The second kappa shape index (κ2) is 6.15. The van der Waals surface area contributed by atoms with E-state index in [2.05, 4.69) is 27.3 Å². The zero-order valence-electron chi connectivity index (χ0n) is 11.7. The van der Waals surface area contributed by atoms with Crippen molar-refractivity contribution in [3.63, 3.8) is 0 Å². The molecule has 1 aromatic heterocycles. The summed E-state index contributed by atoms with van der Waals surface area (Å²) in [6.07, 6.45) is 1.19. The first-order valence-electron chi connectivity index (χ1n) is 7.19. The summed E-state index contributed by atoms with van der Waals surface area (Å²) in [6.45, 7) is 6.04. The molecule has 1 aromatic carbocycles. The first-order chi connectivity index (χ1) is 9.86. The number of likely N-dealkylation sites (N-methyl/N-ethyl adjacent to an activating group) is 1. The lowest BCUT2D eigenvalue weighted by atomic mass is 10.2. The van der Waals surface area contributed by atoms with Gasteiger partial charge in [-0.3, -0.25) is 4.90 Å². The standard InChI is InChI=1S/C15H20N4O/c1-2-19(13-8-9-16-10-13)11-14-17-15(18-20-14)12-6-4-3-5-7-12/h3-7,13,16H,2,8-11H2,1H3. The molecule has 0 bridgehead atoms. The van der Waals surface area contributed by atoms with Crippen LogP contribution in [0, 0.1) is 0 Å². The number of rotatable bonds is 5. The molecule has 1 fully saturated rings. The molecule has 5 heteroatoms. The Bertz CT molecular complexity index is 534. The van der Waals surface area contributed by atoms with Gasteiger partial charge in [-0.15, -0.1) is 0 Å². The van der Waals surface area contributed by atoms with Gasteiger partial charge in [-0.1, -0.05) is 42.4 Å².